The first-order chi connectivity index (χ1) is 25.8. The fourth-order valence-corrected chi connectivity index (χ4v) is 8.03. The molecule has 0 saturated heterocycles. The van der Waals surface area contributed by atoms with E-state index in [0.29, 0.717) is 17.6 Å². The second-order valence-corrected chi connectivity index (χ2v) is 13.3. The fourth-order valence-electron chi connectivity index (χ4n) is 8.03. The van der Waals surface area contributed by atoms with E-state index >= 15 is 0 Å². The van der Waals surface area contributed by atoms with Crippen molar-refractivity contribution >= 4 is 65.2 Å². The van der Waals surface area contributed by atoms with E-state index in [1.807, 2.05) is 36.4 Å². The van der Waals surface area contributed by atoms with Gasteiger partial charge in [-0.1, -0.05) is 140 Å². The third kappa shape index (κ3) is 4.26. The van der Waals surface area contributed by atoms with E-state index in [-0.39, 0.29) is 0 Å². The van der Waals surface area contributed by atoms with Crippen LogP contribution in [0.25, 0.3) is 99.6 Å². The first-order valence-corrected chi connectivity index (χ1v) is 17.5. The van der Waals surface area contributed by atoms with Crippen LogP contribution in [0.15, 0.2) is 176 Å². The maximum Gasteiger partial charge on any atom is 0.238 e. The van der Waals surface area contributed by atoms with E-state index in [4.69, 9.17) is 15.0 Å². The molecular formula is C47H29N5. The zero-order valence-electron chi connectivity index (χ0n) is 28.0. The molecule has 242 valence electrons. The molecule has 0 N–H and O–H groups in total. The quantitative estimate of drug-likeness (QED) is 0.188. The number of nitrogens with zero attached hydrogens (tertiary/aromatic N) is 5. The van der Waals surface area contributed by atoms with Gasteiger partial charge in [0.2, 0.25) is 5.95 Å². The molecule has 11 aromatic rings. The molecule has 0 aliphatic carbocycles. The molecular weight excluding hydrogens is 635 g/mol. The number of hydrogen-bond acceptors (Lipinski definition) is 3. The average Bonchev–Trinajstić information content (AvgIpc) is 3.73. The molecule has 5 nitrogen and oxygen atoms in total. The van der Waals surface area contributed by atoms with Crippen LogP contribution in [0.3, 0.4) is 0 Å². The van der Waals surface area contributed by atoms with Crippen molar-refractivity contribution in [1.29, 1.82) is 0 Å². The van der Waals surface area contributed by atoms with E-state index in [0.717, 1.165) is 44.0 Å². The lowest BCUT2D eigenvalue weighted by atomic mass is 10.0. The van der Waals surface area contributed by atoms with Crippen molar-refractivity contribution in [2.45, 2.75) is 0 Å². The zero-order valence-corrected chi connectivity index (χ0v) is 28.0. The van der Waals surface area contributed by atoms with Crippen molar-refractivity contribution in [3.63, 3.8) is 0 Å². The van der Waals surface area contributed by atoms with Gasteiger partial charge in [-0.2, -0.15) is 9.97 Å². The summed E-state index contributed by atoms with van der Waals surface area (Å²) in [7, 11) is 0. The lowest BCUT2D eigenvalue weighted by Crippen LogP contribution is -2.06. The number of aromatic nitrogens is 5. The van der Waals surface area contributed by atoms with Crippen molar-refractivity contribution in [2.24, 2.45) is 0 Å². The van der Waals surface area contributed by atoms with Gasteiger partial charge in [0.05, 0.1) is 27.8 Å². The molecule has 0 radical (unpaired) electrons. The smallest absolute Gasteiger partial charge is 0.238 e. The fraction of sp³-hybridized carbons (Fsp3) is 0. The van der Waals surface area contributed by atoms with Gasteiger partial charge in [-0.05, 0) is 57.9 Å². The Balaban J connectivity index is 1.29. The topological polar surface area (TPSA) is 48.5 Å². The summed E-state index contributed by atoms with van der Waals surface area (Å²) < 4.78 is 4.67. The average molecular weight is 664 g/mol. The maximum atomic E-state index is 5.21. The van der Waals surface area contributed by atoms with E-state index in [9.17, 15) is 0 Å². The molecule has 0 aliphatic rings. The molecule has 3 heterocycles. The molecule has 8 aromatic carbocycles. The molecule has 0 aliphatic heterocycles. The highest BCUT2D eigenvalue weighted by molar-refractivity contribution is 6.23. The molecule has 0 amide bonds. The summed E-state index contributed by atoms with van der Waals surface area (Å²) in [5.74, 6) is 1.84. The monoisotopic (exact) mass is 663 g/mol. The predicted octanol–water partition coefficient (Wildman–Crippen LogP) is 11.7. The van der Waals surface area contributed by atoms with Crippen molar-refractivity contribution in [3.05, 3.63) is 176 Å². The van der Waals surface area contributed by atoms with Crippen LogP contribution in [-0.4, -0.2) is 24.1 Å². The van der Waals surface area contributed by atoms with Crippen LogP contribution in [0.5, 0.6) is 0 Å². The molecule has 52 heavy (non-hydrogen) atoms. The van der Waals surface area contributed by atoms with Crippen molar-refractivity contribution in [1.82, 2.24) is 24.1 Å². The number of fused-ring (bicyclic) bond motifs is 9. The summed E-state index contributed by atoms with van der Waals surface area (Å²) in [6.45, 7) is 0. The van der Waals surface area contributed by atoms with Crippen LogP contribution >= 0.6 is 0 Å². The zero-order chi connectivity index (χ0) is 34.2. The highest BCUT2D eigenvalue weighted by Gasteiger charge is 2.23. The molecule has 11 rings (SSSR count). The van der Waals surface area contributed by atoms with Gasteiger partial charge in [0.15, 0.2) is 11.6 Å². The Bertz CT molecular complexity index is 3120. The molecule has 0 fully saturated rings. The van der Waals surface area contributed by atoms with E-state index < -0.39 is 0 Å². The predicted molar refractivity (Wildman–Crippen MR) is 214 cm³/mol. The minimum Gasteiger partial charge on any atom is -0.309 e. The Hall–Kier alpha value is -7.11. The van der Waals surface area contributed by atoms with Gasteiger partial charge in [0, 0.05) is 32.7 Å². The highest BCUT2D eigenvalue weighted by atomic mass is 15.2. The van der Waals surface area contributed by atoms with E-state index in [2.05, 4.69) is 149 Å². The minimum atomic E-state index is 0.577. The lowest BCUT2D eigenvalue weighted by Gasteiger charge is -2.12. The standard InChI is InChI=1S/C47H29N5/c1-3-15-31(16-4-1)45-48-46(32-17-5-2-6-18-32)50-47(49-45)52-40-25-13-24-39(44(40)37-28-33-19-7-8-20-34(33)29-42(37)52)51-38-23-12-11-22-36(38)43-35-21-10-9-14-30(35)26-27-41(43)51/h1-29H. The summed E-state index contributed by atoms with van der Waals surface area (Å²) in [5, 5.41) is 9.60. The third-order valence-corrected chi connectivity index (χ3v) is 10.3. The Kier molecular flexibility index (Phi) is 6.18. The Morgan fingerprint density at radius 2 is 0.904 bits per heavy atom. The normalized spacial score (nSPS) is 11.8. The second kappa shape index (κ2) is 11.2. The Labute approximate surface area is 298 Å². The summed E-state index contributed by atoms with van der Waals surface area (Å²) >= 11 is 0. The molecule has 5 heteroatoms. The molecule has 3 aromatic heterocycles. The maximum absolute atomic E-state index is 5.21. The summed E-state index contributed by atoms with van der Waals surface area (Å²) in [6.07, 6.45) is 0. The SMILES string of the molecule is c1ccc(-c2nc(-c3ccccc3)nc(-n3c4cc5ccccc5cc4c4c(-n5c6ccccc6c6c7ccccc7ccc65)cccc43)n2)cc1. The van der Waals surface area contributed by atoms with Gasteiger partial charge in [-0.3, -0.25) is 4.57 Å². The van der Waals surface area contributed by atoms with E-state index in [1.54, 1.807) is 0 Å². The van der Waals surface area contributed by atoms with Crippen molar-refractivity contribution in [3.8, 4) is 34.4 Å². The molecule has 0 unspecified atom stereocenters. The van der Waals surface area contributed by atoms with Crippen LogP contribution in [0.4, 0.5) is 0 Å². The van der Waals surface area contributed by atoms with Crippen molar-refractivity contribution < 1.29 is 0 Å². The van der Waals surface area contributed by atoms with Crippen LogP contribution in [-0.2, 0) is 0 Å². The molecule has 0 saturated carbocycles. The van der Waals surface area contributed by atoms with Crippen molar-refractivity contribution in [2.75, 3.05) is 0 Å². The first-order valence-electron chi connectivity index (χ1n) is 17.5. The van der Waals surface area contributed by atoms with Gasteiger partial charge in [-0.25, -0.2) is 4.98 Å². The molecule has 0 bridgehead atoms. The first kappa shape index (κ1) is 28.7. The molecule has 0 atom stereocenters. The second-order valence-electron chi connectivity index (χ2n) is 13.3. The number of hydrogen-bond donors (Lipinski definition) is 0. The van der Waals surface area contributed by atoms with Gasteiger partial charge in [-0.15, -0.1) is 0 Å². The van der Waals surface area contributed by atoms with Gasteiger partial charge < -0.3 is 4.57 Å². The number of rotatable bonds is 4. The van der Waals surface area contributed by atoms with Gasteiger partial charge >= 0.3 is 0 Å². The number of benzene rings is 8. The summed E-state index contributed by atoms with van der Waals surface area (Å²) in [4.78, 5) is 15.4. The van der Waals surface area contributed by atoms with Crippen LogP contribution in [0.2, 0.25) is 0 Å². The van der Waals surface area contributed by atoms with Crippen LogP contribution < -0.4 is 0 Å². The summed E-state index contributed by atoms with van der Waals surface area (Å²) in [5.41, 5.74) is 7.39. The molecule has 0 spiro atoms. The van der Waals surface area contributed by atoms with Gasteiger partial charge in [0.1, 0.15) is 0 Å². The minimum absolute atomic E-state index is 0.577. The Morgan fingerprint density at radius 1 is 0.327 bits per heavy atom. The third-order valence-electron chi connectivity index (χ3n) is 10.3. The largest absolute Gasteiger partial charge is 0.309 e. The van der Waals surface area contributed by atoms with Gasteiger partial charge in [0.25, 0.3) is 0 Å². The van der Waals surface area contributed by atoms with Crippen LogP contribution in [0.1, 0.15) is 0 Å². The summed E-state index contributed by atoms with van der Waals surface area (Å²) in [6, 6.07) is 62.1. The van der Waals surface area contributed by atoms with E-state index in [1.165, 1.54) is 38.0 Å². The highest BCUT2D eigenvalue weighted by Crippen LogP contribution is 2.42. The van der Waals surface area contributed by atoms with Crippen LogP contribution in [0, 0.1) is 0 Å². The lowest BCUT2D eigenvalue weighted by molar-refractivity contribution is 0.953. The Morgan fingerprint density at radius 3 is 1.63 bits per heavy atom. The number of para-hydroxylation sites is 1.